The minimum absolute atomic E-state index is 0.0211. The molecular formula is C17H24N6O2. The molecule has 25 heavy (non-hydrogen) atoms. The Morgan fingerprint density at radius 1 is 1.32 bits per heavy atom. The molecule has 2 aromatic rings. The van der Waals surface area contributed by atoms with Crippen LogP contribution in [-0.2, 0) is 18.4 Å². The van der Waals surface area contributed by atoms with Gasteiger partial charge in [0.05, 0.1) is 6.33 Å². The Balaban J connectivity index is 1.48. The summed E-state index contributed by atoms with van der Waals surface area (Å²) in [6.45, 7) is 1.35. The average molecular weight is 344 g/mol. The molecule has 2 N–H and O–H groups in total. The summed E-state index contributed by atoms with van der Waals surface area (Å²) < 4.78 is 3.50. The van der Waals surface area contributed by atoms with Crippen LogP contribution in [0.1, 0.15) is 42.6 Å². The summed E-state index contributed by atoms with van der Waals surface area (Å²) in [6.07, 6.45) is 10.3. The largest absolute Gasteiger partial charge is 0.351 e. The first-order chi connectivity index (χ1) is 12.1. The van der Waals surface area contributed by atoms with Crippen molar-refractivity contribution >= 4 is 17.6 Å². The highest BCUT2D eigenvalue weighted by molar-refractivity contribution is 5.96. The molecule has 0 bridgehead atoms. The monoisotopic (exact) mass is 344 g/mol. The third kappa shape index (κ3) is 4.46. The molecule has 134 valence electrons. The van der Waals surface area contributed by atoms with E-state index in [4.69, 9.17) is 0 Å². The number of nitrogens with zero attached hydrogens (tertiary/aromatic N) is 4. The molecule has 0 unspecified atom stereocenters. The lowest BCUT2D eigenvalue weighted by molar-refractivity contribution is -0.119. The van der Waals surface area contributed by atoms with Crippen LogP contribution < -0.4 is 10.6 Å². The van der Waals surface area contributed by atoms with E-state index >= 15 is 0 Å². The Kier molecular flexibility index (Phi) is 5.47. The predicted octanol–water partition coefficient (Wildman–Crippen LogP) is 1.57. The zero-order valence-corrected chi connectivity index (χ0v) is 14.4. The summed E-state index contributed by atoms with van der Waals surface area (Å²) in [5, 5.41) is 9.93. The molecule has 0 aromatic carbocycles. The standard InChI is InChI=1S/C17H24N6O2/c1-22-15(20-16(24)13-5-2-3-6-13)11-14(21-22)17(25)19-7-4-9-23-10-8-18-12-23/h8,10-13H,2-7,9H2,1H3,(H,19,25)(H,20,24). The molecule has 3 rings (SSSR count). The molecule has 0 aliphatic heterocycles. The second-order valence-corrected chi connectivity index (χ2v) is 6.42. The number of anilines is 1. The normalized spacial score (nSPS) is 14.6. The minimum atomic E-state index is -0.234. The number of amides is 2. The molecule has 0 spiro atoms. The molecule has 2 heterocycles. The molecule has 2 aromatic heterocycles. The lowest BCUT2D eigenvalue weighted by Crippen LogP contribution is -2.25. The van der Waals surface area contributed by atoms with Gasteiger partial charge in [-0.15, -0.1) is 0 Å². The van der Waals surface area contributed by atoms with Gasteiger partial charge in [0.2, 0.25) is 5.91 Å². The fraction of sp³-hybridized carbons (Fsp3) is 0.529. The zero-order valence-electron chi connectivity index (χ0n) is 14.4. The van der Waals surface area contributed by atoms with E-state index in [0.29, 0.717) is 18.1 Å². The fourth-order valence-electron chi connectivity index (χ4n) is 3.08. The van der Waals surface area contributed by atoms with Crippen molar-refractivity contribution in [1.29, 1.82) is 0 Å². The average Bonchev–Trinajstić information content (AvgIpc) is 3.34. The van der Waals surface area contributed by atoms with Crippen LogP contribution in [-0.4, -0.2) is 37.7 Å². The van der Waals surface area contributed by atoms with Crippen LogP contribution in [0.3, 0.4) is 0 Å². The van der Waals surface area contributed by atoms with Crippen molar-refractivity contribution in [3.05, 3.63) is 30.5 Å². The van der Waals surface area contributed by atoms with Gasteiger partial charge in [0, 0.05) is 44.5 Å². The highest BCUT2D eigenvalue weighted by atomic mass is 16.2. The van der Waals surface area contributed by atoms with Crippen molar-refractivity contribution in [2.24, 2.45) is 13.0 Å². The van der Waals surface area contributed by atoms with Gasteiger partial charge in [0.25, 0.3) is 5.91 Å². The van der Waals surface area contributed by atoms with E-state index in [0.717, 1.165) is 38.6 Å². The Hall–Kier alpha value is -2.64. The van der Waals surface area contributed by atoms with Crippen molar-refractivity contribution in [3.63, 3.8) is 0 Å². The van der Waals surface area contributed by atoms with Gasteiger partial charge in [0.15, 0.2) is 5.69 Å². The molecule has 8 heteroatoms. The van der Waals surface area contributed by atoms with Gasteiger partial charge < -0.3 is 15.2 Å². The van der Waals surface area contributed by atoms with E-state index in [-0.39, 0.29) is 17.7 Å². The molecule has 1 aliphatic rings. The summed E-state index contributed by atoms with van der Waals surface area (Å²) in [5.41, 5.74) is 0.312. The van der Waals surface area contributed by atoms with Crippen LogP contribution in [0.5, 0.6) is 0 Å². The van der Waals surface area contributed by atoms with Crippen LogP contribution >= 0.6 is 0 Å². The molecule has 1 saturated carbocycles. The molecule has 0 saturated heterocycles. The van der Waals surface area contributed by atoms with Gasteiger partial charge in [-0.2, -0.15) is 5.10 Å². The lowest BCUT2D eigenvalue weighted by Gasteiger charge is -2.09. The molecule has 0 atom stereocenters. The van der Waals surface area contributed by atoms with E-state index in [1.807, 2.05) is 10.8 Å². The Bertz CT molecular complexity index is 716. The van der Waals surface area contributed by atoms with Gasteiger partial charge in [0.1, 0.15) is 5.82 Å². The van der Waals surface area contributed by atoms with Gasteiger partial charge in [-0.05, 0) is 19.3 Å². The maximum Gasteiger partial charge on any atom is 0.271 e. The SMILES string of the molecule is Cn1nc(C(=O)NCCCn2ccnc2)cc1NC(=O)C1CCCC1. The van der Waals surface area contributed by atoms with Crippen molar-refractivity contribution < 1.29 is 9.59 Å². The molecule has 1 aliphatic carbocycles. The smallest absolute Gasteiger partial charge is 0.271 e. The third-order valence-corrected chi connectivity index (χ3v) is 4.53. The minimum Gasteiger partial charge on any atom is -0.351 e. The number of nitrogens with one attached hydrogen (secondary N) is 2. The van der Waals surface area contributed by atoms with Crippen LogP contribution in [0, 0.1) is 5.92 Å². The van der Waals surface area contributed by atoms with Gasteiger partial charge in [-0.3, -0.25) is 14.3 Å². The maximum absolute atomic E-state index is 12.2. The quantitative estimate of drug-likeness (QED) is 0.746. The van der Waals surface area contributed by atoms with Crippen molar-refractivity contribution in [2.45, 2.75) is 38.6 Å². The van der Waals surface area contributed by atoms with Crippen molar-refractivity contribution in [2.75, 3.05) is 11.9 Å². The number of hydrogen-bond acceptors (Lipinski definition) is 4. The number of imidazole rings is 1. The van der Waals surface area contributed by atoms with Gasteiger partial charge in [-0.25, -0.2) is 4.98 Å². The summed E-state index contributed by atoms with van der Waals surface area (Å²) in [4.78, 5) is 28.4. The van der Waals surface area contributed by atoms with Gasteiger partial charge in [-0.1, -0.05) is 12.8 Å². The van der Waals surface area contributed by atoms with Crippen LogP contribution in [0.25, 0.3) is 0 Å². The number of carbonyl (C=O) groups is 2. The van der Waals surface area contributed by atoms with Crippen LogP contribution in [0.2, 0.25) is 0 Å². The van der Waals surface area contributed by atoms with E-state index in [2.05, 4.69) is 20.7 Å². The third-order valence-electron chi connectivity index (χ3n) is 4.53. The van der Waals surface area contributed by atoms with Crippen molar-refractivity contribution in [3.8, 4) is 0 Å². The summed E-state index contributed by atoms with van der Waals surface area (Å²) >= 11 is 0. The second-order valence-electron chi connectivity index (χ2n) is 6.42. The molecule has 0 radical (unpaired) electrons. The highest BCUT2D eigenvalue weighted by Crippen LogP contribution is 2.26. The number of aromatic nitrogens is 4. The van der Waals surface area contributed by atoms with Crippen LogP contribution in [0.15, 0.2) is 24.8 Å². The van der Waals surface area contributed by atoms with E-state index in [9.17, 15) is 9.59 Å². The molecule has 2 amide bonds. The van der Waals surface area contributed by atoms with E-state index < -0.39 is 0 Å². The Morgan fingerprint density at radius 2 is 2.12 bits per heavy atom. The molecular weight excluding hydrogens is 320 g/mol. The summed E-state index contributed by atoms with van der Waals surface area (Å²) in [5.74, 6) is 0.422. The van der Waals surface area contributed by atoms with Crippen LogP contribution in [0.4, 0.5) is 5.82 Å². The lowest BCUT2D eigenvalue weighted by atomic mass is 10.1. The first-order valence-corrected chi connectivity index (χ1v) is 8.72. The number of aryl methyl sites for hydroxylation is 2. The predicted molar refractivity (Wildman–Crippen MR) is 93.0 cm³/mol. The zero-order chi connectivity index (χ0) is 17.6. The first kappa shape index (κ1) is 17.2. The Labute approximate surface area is 146 Å². The highest BCUT2D eigenvalue weighted by Gasteiger charge is 2.24. The number of hydrogen-bond donors (Lipinski definition) is 2. The fourth-order valence-corrected chi connectivity index (χ4v) is 3.08. The maximum atomic E-state index is 12.2. The molecule has 1 fully saturated rings. The molecule has 8 nitrogen and oxygen atoms in total. The van der Waals surface area contributed by atoms with E-state index in [1.165, 1.54) is 4.68 Å². The van der Waals surface area contributed by atoms with Crippen molar-refractivity contribution in [1.82, 2.24) is 24.6 Å². The summed E-state index contributed by atoms with van der Waals surface area (Å²) in [6, 6.07) is 1.62. The van der Waals surface area contributed by atoms with Gasteiger partial charge >= 0.3 is 0 Å². The Morgan fingerprint density at radius 3 is 2.84 bits per heavy atom. The second kappa shape index (κ2) is 7.96. The first-order valence-electron chi connectivity index (χ1n) is 8.72. The van der Waals surface area contributed by atoms with E-state index in [1.54, 1.807) is 25.6 Å². The summed E-state index contributed by atoms with van der Waals surface area (Å²) in [7, 11) is 1.72. The number of carbonyl (C=O) groups excluding carboxylic acids is 2. The number of rotatable bonds is 7. The topological polar surface area (TPSA) is 93.8 Å².